The minimum absolute atomic E-state index is 0.900. The molecule has 0 spiro atoms. The molecule has 1 heterocycles. The molecule has 0 aliphatic heterocycles. The van der Waals surface area contributed by atoms with Gasteiger partial charge in [0.2, 0.25) is 0 Å². The van der Waals surface area contributed by atoms with Crippen molar-refractivity contribution in [1.29, 1.82) is 0 Å². The van der Waals surface area contributed by atoms with E-state index in [-0.39, 0.29) is 0 Å². The van der Waals surface area contributed by atoms with E-state index in [0.29, 0.717) is 0 Å². The maximum Gasteiger partial charge on any atom is 0.126 e. The molecule has 0 saturated carbocycles. The van der Waals surface area contributed by atoms with Crippen molar-refractivity contribution in [3.05, 3.63) is 176 Å². The smallest absolute Gasteiger partial charge is 0.126 e. The molecule has 0 saturated heterocycles. The zero-order chi connectivity index (χ0) is 39.6. The number of rotatable bonds is 5. The topological polar surface area (TPSA) is 31.4 Å². The zero-order valence-corrected chi connectivity index (χ0v) is 33.0. The Morgan fingerprint density at radius 2 is 0.750 bits per heavy atom. The molecule has 13 aromatic rings. The summed E-state index contributed by atoms with van der Waals surface area (Å²) >= 11 is 0. The Labute approximate surface area is 345 Å². The van der Waals surface area contributed by atoms with Crippen molar-refractivity contribution in [2.45, 2.75) is 0 Å². The van der Waals surface area contributed by atoms with Crippen molar-refractivity contribution in [3.63, 3.8) is 0 Å². The van der Waals surface area contributed by atoms with Crippen LogP contribution in [0.25, 0.3) is 130 Å². The number of nitrogens with zero attached hydrogens (tertiary/aromatic N) is 1. The van der Waals surface area contributed by atoms with Crippen molar-refractivity contribution < 1.29 is 9.47 Å². The van der Waals surface area contributed by atoms with Crippen molar-refractivity contribution >= 4 is 97.0 Å². The minimum atomic E-state index is 0.900. The van der Waals surface area contributed by atoms with E-state index in [1.54, 1.807) is 14.2 Å². The maximum absolute atomic E-state index is 5.82. The molecule has 3 nitrogen and oxygen atoms in total. The molecule has 0 aliphatic carbocycles. The maximum atomic E-state index is 5.82. The van der Waals surface area contributed by atoms with Gasteiger partial charge in [-0.1, -0.05) is 127 Å². The molecule has 13 rings (SSSR count). The van der Waals surface area contributed by atoms with Gasteiger partial charge in [-0.05, 0) is 140 Å². The highest BCUT2D eigenvalue weighted by Crippen LogP contribution is 2.48. The standard InChI is InChI=1S/C57H35NO2/c1-59-52-26-24-46-44-22-20-35(38-9-5-11-40(54(38)44)42-13-7-15-48(52)56(42)46)32-18-19-37-33(29-32)30-34(31-50(37)51-17-3-4-28-58-51)36-21-23-45-47-25-27-53(60-2)49-16-8-14-43(57(47)49)41-12-6-10-39(36)55(41)45/h3-31H,1-2H3. The summed E-state index contributed by atoms with van der Waals surface area (Å²) in [5.41, 5.74) is 6.86. The van der Waals surface area contributed by atoms with Crippen LogP contribution in [0, 0.1) is 0 Å². The Hall–Kier alpha value is -7.75. The normalized spacial score (nSPS) is 12.2. The quantitative estimate of drug-likeness (QED) is 0.129. The van der Waals surface area contributed by atoms with Gasteiger partial charge in [-0.25, -0.2) is 0 Å². The summed E-state index contributed by atoms with van der Waals surface area (Å²) in [5.74, 6) is 1.80. The van der Waals surface area contributed by atoms with Crippen molar-refractivity contribution in [1.82, 2.24) is 4.98 Å². The molecule has 0 fully saturated rings. The van der Waals surface area contributed by atoms with Crippen LogP contribution in [0.3, 0.4) is 0 Å². The predicted octanol–water partition coefficient (Wildman–Crippen LogP) is 15.4. The lowest BCUT2D eigenvalue weighted by Gasteiger charge is -2.19. The van der Waals surface area contributed by atoms with E-state index in [0.717, 1.165) is 33.5 Å². The van der Waals surface area contributed by atoms with Gasteiger partial charge in [0.05, 0.1) is 19.9 Å². The average molecular weight is 766 g/mol. The number of pyridine rings is 1. The fraction of sp³-hybridized carbons (Fsp3) is 0.0351. The SMILES string of the molecule is COc1ccc2c3ccc(-c4ccc5c(-c6ccccn6)cc(-c6ccc7c8ccc(OC)c9cccc(c%10cccc6c%107)c98)cc5c4)c4cccc(c5cccc1c52)c43. The molecular formula is C57H35NO2. The van der Waals surface area contributed by atoms with Crippen molar-refractivity contribution in [2.24, 2.45) is 0 Å². The summed E-state index contributed by atoms with van der Waals surface area (Å²) < 4.78 is 11.6. The van der Waals surface area contributed by atoms with Crippen LogP contribution in [0.5, 0.6) is 11.5 Å². The van der Waals surface area contributed by atoms with Crippen LogP contribution in [0.1, 0.15) is 0 Å². The highest BCUT2D eigenvalue weighted by molar-refractivity contribution is 6.36. The number of methoxy groups -OCH3 is 2. The Bertz CT molecular complexity index is 3860. The zero-order valence-electron chi connectivity index (χ0n) is 33.0. The summed E-state index contributed by atoms with van der Waals surface area (Å²) in [6.07, 6.45) is 1.89. The number of ether oxygens (including phenoxy) is 2. The second kappa shape index (κ2) is 12.4. The molecule has 0 unspecified atom stereocenters. The van der Waals surface area contributed by atoms with E-state index in [1.165, 1.54) is 108 Å². The highest BCUT2D eigenvalue weighted by Gasteiger charge is 2.20. The van der Waals surface area contributed by atoms with Gasteiger partial charge in [0, 0.05) is 33.3 Å². The van der Waals surface area contributed by atoms with E-state index in [9.17, 15) is 0 Å². The van der Waals surface area contributed by atoms with E-state index in [1.807, 2.05) is 12.3 Å². The number of aromatic nitrogens is 1. The number of benzene rings is 12. The number of hydrogen-bond acceptors (Lipinski definition) is 3. The fourth-order valence-electron chi connectivity index (χ4n) is 10.7. The van der Waals surface area contributed by atoms with Gasteiger partial charge in [0.25, 0.3) is 0 Å². The predicted molar refractivity (Wildman–Crippen MR) is 254 cm³/mol. The van der Waals surface area contributed by atoms with Crippen LogP contribution < -0.4 is 9.47 Å². The second-order valence-electron chi connectivity index (χ2n) is 16.0. The summed E-state index contributed by atoms with van der Waals surface area (Å²) in [7, 11) is 3.51. The van der Waals surface area contributed by atoms with Gasteiger partial charge in [-0.15, -0.1) is 0 Å². The Morgan fingerprint density at radius 1 is 0.317 bits per heavy atom. The van der Waals surface area contributed by atoms with Crippen molar-refractivity contribution in [2.75, 3.05) is 14.2 Å². The molecule has 3 heteroatoms. The first kappa shape index (κ1) is 33.2. The summed E-state index contributed by atoms with van der Waals surface area (Å²) in [6.45, 7) is 0. The lowest BCUT2D eigenvalue weighted by atomic mass is 9.85. The first-order chi connectivity index (χ1) is 29.7. The third kappa shape index (κ3) is 4.46. The van der Waals surface area contributed by atoms with E-state index >= 15 is 0 Å². The molecule has 280 valence electrons. The Balaban J connectivity index is 1.06. The molecule has 12 aromatic carbocycles. The highest BCUT2D eigenvalue weighted by atomic mass is 16.5. The van der Waals surface area contributed by atoms with Gasteiger partial charge in [0.15, 0.2) is 0 Å². The third-order valence-electron chi connectivity index (χ3n) is 13.2. The Morgan fingerprint density at radius 3 is 1.27 bits per heavy atom. The van der Waals surface area contributed by atoms with Crippen LogP contribution >= 0.6 is 0 Å². The molecule has 0 bridgehead atoms. The summed E-state index contributed by atoms with van der Waals surface area (Å²) in [4.78, 5) is 4.89. The Kier molecular flexibility index (Phi) is 6.86. The average Bonchev–Trinajstić information content (AvgIpc) is 3.31. The van der Waals surface area contributed by atoms with Gasteiger partial charge in [-0.2, -0.15) is 0 Å². The largest absolute Gasteiger partial charge is 0.496 e. The molecule has 0 atom stereocenters. The van der Waals surface area contributed by atoms with Crippen LogP contribution in [0.4, 0.5) is 0 Å². The van der Waals surface area contributed by atoms with Crippen molar-refractivity contribution in [3.8, 4) is 45.0 Å². The molecule has 0 radical (unpaired) electrons. The molecular weight excluding hydrogens is 731 g/mol. The second-order valence-corrected chi connectivity index (χ2v) is 16.0. The van der Waals surface area contributed by atoms with Gasteiger partial charge in [-0.3, -0.25) is 4.98 Å². The molecule has 1 aromatic heterocycles. The van der Waals surface area contributed by atoms with Gasteiger partial charge >= 0.3 is 0 Å². The lowest BCUT2D eigenvalue weighted by molar-refractivity contribution is 0.420. The van der Waals surface area contributed by atoms with Gasteiger partial charge < -0.3 is 9.47 Å². The molecule has 0 amide bonds. The summed E-state index contributed by atoms with van der Waals surface area (Å²) in [6, 6.07) is 62.5. The first-order valence-electron chi connectivity index (χ1n) is 20.5. The fourth-order valence-corrected chi connectivity index (χ4v) is 10.7. The summed E-state index contributed by atoms with van der Waals surface area (Å²) in [5, 5.41) is 22.2. The molecule has 0 N–H and O–H groups in total. The van der Waals surface area contributed by atoms with Crippen LogP contribution in [-0.2, 0) is 0 Å². The van der Waals surface area contributed by atoms with E-state index in [2.05, 4.69) is 164 Å². The lowest BCUT2D eigenvalue weighted by Crippen LogP contribution is -1.93. The van der Waals surface area contributed by atoms with E-state index in [4.69, 9.17) is 14.5 Å². The third-order valence-corrected chi connectivity index (χ3v) is 13.2. The van der Waals surface area contributed by atoms with E-state index < -0.39 is 0 Å². The van der Waals surface area contributed by atoms with Crippen LogP contribution in [0.15, 0.2) is 176 Å². The minimum Gasteiger partial charge on any atom is -0.496 e. The monoisotopic (exact) mass is 765 g/mol. The number of fused-ring (bicyclic) bond motifs is 5. The number of hydrogen-bond donors (Lipinski definition) is 0. The first-order valence-corrected chi connectivity index (χ1v) is 20.5. The van der Waals surface area contributed by atoms with Crippen LogP contribution in [0.2, 0.25) is 0 Å². The van der Waals surface area contributed by atoms with Crippen LogP contribution in [-0.4, -0.2) is 19.2 Å². The molecule has 0 aliphatic rings. The molecule has 60 heavy (non-hydrogen) atoms. The van der Waals surface area contributed by atoms with Gasteiger partial charge in [0.1, 0.15) is 11.5 Å².